The molecule has 0 aliphatic carbocycles. The van der Waals surface area contributed by atoms with E-state index >= 15 is 0 Å². The van der Waals surface area contributed by atoms with Crippen molar-refractivity contribution >= 4 is 38.8 Å². The summed E-state index contributed by atoms with van der Waals surface area (Å²) in [5.41, 5.74) is 11.2. The summed E-state index contributed by atoms with van der Waals surface area (Å²) in [5, 5.41) is 2.88. The van der Waals surface area contributed by atoms with Crippen molar-refractivity contribution in [3.8, 4) is 0 Å². The van der Waals surface area contributed by atoms with E-state index in [-0.39, 0.29) is 5.91 Å². The van der Waals surface area contributed by atoms with Gasteiger partial charge in [-0.15, -0.1) is 11.3 Å². The van der Waals surface area contributed by atoms with Crippen molar-refractivity contribution in [2.45, 2.75) is 6.92 Å². The lowest BCUT2D eigenvalue weighted by atomic mass is 10.1. The van der Waals surface area contributed by atoms with Crippen LogP contribution in [0.1, 0.15) is 15.9 Å². The van der Waals surface area contributed by atoms with Crippen molar-refractivity contribution in [2.24, 2.45) is 0 Å². The molecule has 0 radical (unpaired) electrons. The molecule has 5 heteroatoms. The summed E-state index contributed by atoms with van der Waals surface area (Å²) in [6.07, 6.45) is 0. The van der Waals surface area contributed by atoms with Crippen LogP contribution in [-0.2, 0) is 0 Å². The Hall–Kier alpha value is -2.40. The monoisotopic (exact) mass is 283 g/mol. The van der Waals surface area contributed by atoms with Gasteiger partial charge >= 0.3 is 0 Å². The Bertz CT molecular complexity index is 774. The maximum absolute atomic E-state index is 12.3. The first-order valence-corrected chi connectivity index (χ1v) is 7.03. The Morgan fingerprint density at radius 2 is 2.15 bits per heavy atom. The second kappa shape index (κ2) is 4.94. The SMILES string of the molecule is Cc1cccc(N)c1C(=O)Nc1ccc2ncsc2c1. The van der Waals surface area contributed by atoms with Crippen LogP contribution in [-0.4, -0.2) is 10.9 Å². The first-order chi connectivity index (χ1) is 9.65. The molecule has 0 bridgehead atoms. The lowest BCUT2D eigenvalue weighted by molar-refractivity contribution is 0.102. The normalized spacial score (nSPS) is 10.7. The molecule has 100 valence electrons. The van der Waals surface area contributed by atoms with Crippen LogP contribution >= 0.6 is 11.3 Å². The highest BCUT2D eigenvalue weighted by molar-refractivity contribution is 7.16. The number of nitrogen functional groups attached to an aromatic ring is 1. The van der Waals surface area contributed by atoms with Crippen molar-refractivity contribution in [1.29, 1.82) is 0 Å². The van der Waals surface area contributed by atoms with E-state index in [4.69, 9.17) is 5.73 Å². The highest BCUT2D eigenvalue weighted by atomic mass is 32.1. The van der Waals surface area contributed by atoms with E-state index in [1.807, 2.05) is 37.3 Å². The quantitative estimate of drug-likeness (QED) is 0.708. The van der Waals surface area contributed by atoms with Gasteiger partial charge in [0.15, 0.2) is 0 Å². The minimum atomic E-state index is -0.190. The average Bonchev–Trinajstić information content (AvgIpc) is 2.85. The predicted octanol–water partition coefficient (Wildman–Crippen LogP) is 3.44. The molecule has 2 aromatic carbocycles. The molecule has 0 unspecified atom stereocenters. The molecule has 3 rings (SSSR count). The molecule has 1 heterocycles. The molecular formula is C15H13N3OS. The zero-order valence-electron chi connectivity index (χ0n) is 10.9. The van der Waals surface area contributed by atoms with Gasteiger partial charge in [-0.3, -0.25) is 4.79 Å². The molecule has 3 aromatic rings. The number of aromatic nitrogens is 1. The summed E-state index contributed by atoms with van der Waals surface area (Å²) in [5.74, 6) is -0.190. The Labute approximate surface area is 120 Å². The van der Waals surface area contributed by atoms with E-state index < -0.39 is 0 Å². The van der Waals surface area contributed by atoms with Gasteiger partial charge in [0.25, 0.3) is 5.91 Å². The summed E-state index contributed by atoms with van der Waals surface area (Å²) in [7, 11) is 0. The smallest absolute Gasteiger partial charge is 0.258 e. The number of amides is 1. The molecule has 4 nitrogen and oxygen atoms in total. The fraction of sp³-hybridized carbons (Fsp3) is 0.0667. The zero-order chi connectivity index (χ0) is 14.1. The molecule has 0 fully saturated rings. The number of carbonyl (C=O) groups is 1. The molecule has 0 saturated heterocycles. The minimum Gasteiger partial charge on any atom is -0.398 e. The van der Waals surface area contributed by atoms with Crippen LogP contribution in [0.4, 0.5) is 11.4 Å². The van der Waals surface area contributed by atoms with Crippen molar-refractivity contribution in [2.75, 3.05) is 11.1 Å². The number of nitrogens with one attached hydrogen (secondary N) is 1. The summed E-state index contributed by atoms with van der Waals surface area (Å²) in [6.45, 7) is 1.87. The third-order valence-corrected chi connectivity index (χ3v) is 3.91. The highest BCUT2D eigenvalue weighted by Gasteiger charge is 2.13. The van der Waals surface area contributed by atoms with Crippen LogP contribution in [0.2, 0.25) is 0 Å². The van der Waals surface area contributed by atoms with Crippen LogP contribution in [0.5, 0.6) is 0 Å². The third kappa shape index (κ3) is 2.23. The summed E-state index contributed by atoms with van der Waals surface area (Å²) in [4.78, 5) is 16.5. The lowest BCUT2D eigenvalue weighted by Crippen LogP contribution is -2.15. The first kappa shape index (κ1) is 12.6. The molecule has 20 heavy (non-hydrogen) atoms. The van der Waals surface area contributed by atoms with Gasteiger partial charge in [0, 0.05) is 11.4 Å². The van der Waals surface area contributed by atoms with E-state index in [1.165, 1.54) is 0 Å². The Kier molecular flexibility index (Phi) is 3.12. The molecule has 0 spiro atoms. The van der Waals surface area contributed by atoms with Crippen LogP contribution < -0.4 is 11.1 Å². The van der Waals surface area contributed by atoms with Crippen molar-refractivity contribution in [1.82, 2.24) is 4.98 Å². The predicted molar refractivity (Wildman–Crippen MR) is 83.2 cm³/mol. The maximum atomic E-state index is 12.3. The average molecular weight is 283 g/mol. The summed E-state index contributed by atoms with van der Waals surface area (Å²) < 4.78 is 1.04. The number of rotatable bonds is 2. The van der Waals surface area contributed by atoms with E-state index in [0.717, 1.165) is 21.5 Å². The summed E-state index contributed by atoms with van der Waals surface area (Å²) in [6, 6.07) is 11.1. The van der Waals surface area contributed by atoms with Crippen LogP contribution in [0.15, 0.2) is 41.9 Å². The molecule has 0 aliphatic heterocycles. The van der Waals surface area contributed by atoms with Gasteiger partial charge in [-0.2, -0.15) is 0 Å². The van der Waals surface area contributed by atoms with Gasteiger partial charge in [-0.25, -0.2) is 4.98 Å². The Balaban J connectivity index is 1.92. The zero-order valence-corrected chi connectivity index (χ0v) is 11.7. The van der Waals surface area contributed by atoms with Gasteiger partial charge in [0.2, 0.25) is 0 Å². The summed E-state index contributed by atoms with van der Waals surface area (Å²) >= 11 is 1.54. The molecule has 1 aromatic heterocycles. The number of hydrogen-bond donors (Lipinski definition) is 2. The number of fused-ring (bicyclic) bond motifs is 1. The minimum absolute atomic E-state index is 0.190. The second-order valence-corrected chi connectivity index (χ2v) is 5.41. The first-order valence-electron chi connectivity index (χ1n) is 6.15. The lowest BCUT2D eigenvalue weighted by Gasteiger charge is -2.10. The van der Waals surface area contributed by atoms with Gasteiger partial charge < -0.3 is 11.1 Å². The molecular weight excluding hydrogens is 270 g/mol. The standard InChI is InChI=1S/C15H13N3OS/c1-9-3-2-4-11(16)14(9)15(19)18-10-5-6-12-13(7-10)20-8-17-12/h2-8H,16H2,1H3,(H,18,19). The molecule has 1 amide bonds. The van der Waals surface area contributed by atoms with Gasteiger partial charge in [0.1, 0.15) is 0 Å². The van der Waals surface area contributed by atoms with Gasteiger partial charge in [-0.1, -0.05) is 12.1 Å². The van der Waals surface area contributed by atoms with Crippen LogP contribution in [0.25, 0.3) is 10.2 Å². The van der Waals surface area contributed by atoms with Crippen LogP contribution in [0, 0.1) is 6.92 Å². The van der Waals surface area contributed by atoms with E-state index in [2.05, 4.69) is 10.3 Å². The number of anilines is 2. The number of benzene rings is 2. The van der Waals surface area contributed by atoms with Gasteiger partial charge in [-0.05, 0) is 36.8 Å². The maximum Gasteiger partial charge on any atom is 0.258 e. The number of carbonyl (C=O) groups excluding carboxylic acids is 1. The van der Waals surface area contributed by atoms with Crippen molar-refractivity contribution in [3.63, 3.8) is 0 Å². The number of aryl methyl sites for hydroxylation is 1. The molecule has 3 N–H and O–H groups in total. The van der Waals surface area contributed by atoms with E-state index in [1.54, 1.807) is 22.9 Å². The number of nitrogens with zero attached hydrogens (tertiary/aromatic N) is 1. The number of thiazole rings is 1. The number of hydrogen-bond acceptors (Lipinski definition) is 4. The topological polar surface area (TPSA) is 68.0 Å². The highest BCUT2D eigenvalue weighted by Crippen LogP contribution is 2.23. The van der Waals surface area contributed by atoms with E-state index in [9.17, 15) is 4.79 Å². The second-order valence-electron chi connectivity index (χ2n) is 4.53. The molecule has 0 aliphatic rings. The third-order valence-electron chi connectivity index (χ3n) is 3.12. The van der Waals surface area contributed by atoms with Crippen LogP contribution in [0.3, 0.4) is 0 Å². The van der Waals surface area contributed by atoms with Crippen molar-refractivity contribution < 1.29 is 4.79 Å². The molecule has 0 atom stereocenters. The fourth-order valence-corrected chi connectivity index (χ4v) is 2.84. The Morgan fingerprint density at radius 3 is 2.95 bits per heavy atom. The molecule has 0 saturated carbocycles. The largest absolute Gasteiger partial charge is 0.398 e. The Morgan fingerprint density at radius 1 is 1.30 bits per heavy atom. The fourth-order valence-electron chi connectivity index (χ4n) is 2.13. The van der Waals surface area contributed by atoms with Gasteiger partial charge in [0.05, 0.1) is 21.3 Å². The number of nitrogens with two attached hydrogens (primary N) is 1. The van der Waals surface area contributed by atoms with E-state index in [0.29, 0.717) is 11.3 Å². The van der Waals surface area contributed by atoms with Crippen molar-refractivity contribution in [3.05, 3.63) is 53.0 Å².